The molecule has 8 heteroatoms. The highest BCUT2D eigenvalue weighted by molar-refractivity contribution is 6.02. The van der Waals surface area contributed by atoms with Crippen molar-refractivity contribution in [2.24, 2.45) is 4.99 Å². The summed E-state index contributed by atoms with van der Waals surface area (Å²) >= 11 is 0. The predicted octanol–water partition coefficient (Wildman–Crippen LogP) is 3.90. The molecule has 0 aliphatic rings. The standard InChI is InChI=1S/C18H13N3O5/c22-17-12(3-1-4-15(17)21(24)25)11-19-13-6-8-14(9-7-13)20-18(23)16-5-2-10-26-16/h1-11,22H,(H,20,23). The van der Waals surface area contributed by atoms with E-state index >= 15 is 0 Å². The topological polar surface area (TPSA) is 118 Å². The summed E-state index contributed by atoms with van der Waals surface area (Å²) < 4.78 is 5.01. The van der Waals surface area contributed by atoms with Crippen LogP contribution in [0.4, 0.5) is 17.1 Å². The molecule has 0 fully saturated rings. The van der Waals surface area contributed by atoms with Gasteiger partial charge >= 0.3 is 5.69 Å². The van der Waals surface area contributed by atoms with Crippen LogP contribution in [0.1, 0.15) is 16.1 Å². The molecule has 0 aliphatic heterocycles. The van der Waals surface area contributed by atoms with E-state index in [2.05, 4.69) is 10.3 Å². The highest BCUT2D eigenvalue weighted by atomic mass is 16.6. The third-order valence-corrected chi connectivity index (χ3v) is 3.47. The maximum Gasteiger partial charge on any atom is 0.311 e. The summed E-state index contributed by atoms with van der Waals surface area (Å²) in [5, 5.41) is 23.4. The number of rotatable bonds is 5. The normalized spacial score (nSPS) is 10.8. The van der Waals surface area contributed by atoms with E-state index in [9.17, 15) is 20.0 Å². The van der Waals surface area contributed by atoms with Crippen molar-refractivity contribution in [2.75, 3.05) is 5.32 Å². The minimum Gasteiger partial charge on any atom is -0.502 e. The Morgan fingerprint density at radius 2 is 1.92 bits per heavy atom. The third-order valence-electron chi connectivity index (χ3n) is 3.47. The van der Waals surface area contributed by atoms with Crippen molar-refractivity contribution >= 4 is 29.2 Å². The Bertz CT molecular complexity index is 963. The number of phenolic OH excluding ortho intramolecular Hbond substituents is 1. The third kappa shape index (κ3) is 3.75. The minimum atomic E-state index is -0.664. The second-order valence-electron chi connectivity index (χ2n) is 5.21. The van der Waals surface area contributed by atoms with Gasteiger partial charge in [0.25, 0.3) is 5.91 Å². The number of para-hydroxylation sites is 1. The molecule has 0 atom stereocenters. The number of furan rings is 1. The van der Waals surface area contributed by atoms with Crippen molar-refractivity contribution in [3.63, 3.8) is 0 Å². The average molecular weight is 351 g/mol. The number of phenols is 1. The lowest BCUT2D eigenvalue weighted by atomic mass is 10.2. The molecule has 0 unspecified atom stereocenters. The van der Waals surface area contributed by atoms with Crippen LogP contribution in [0, 0.1) is 10.1 Å². The number of nitro benzene ring substituents is 1. The van der Waals surface area contributed by atoms with Crippen LogP contribution >= 0.6 is 0 Å². The Balaban J connectivity index is 1.71. The van der Waals surface area contributed by atoms with Gasteiger partial charge in [-0.05, 0) is 42.5 Å². The fraction of sp³-hybridized carbons (Fsp3) is 0. The predicted molar refractivity (Wildman–Crippen MR) is 95.1 cm³/mol. The first-order valence-electron chi connectivity index (χ1n) is 7.50. The number of nitrogens with one attached hydrogen (secondary N) is 1. The van der Waals surface area contributed by atoms with Gasteiger partial charge in [-0.1, -0.05) is 6.07 Å². The van der Waals surface area contributed by atoms with E-state index in [1.807, 2.05) is 0 Å². The van der Waals surface area contributed by atoms with Crippen LogP contribution in [0.5, 0.6) is 5.75 Å². The Labute approximate surface area is 147 Å². The molecule has 0 saturated carbocycles. The Morgan fingerprint density at radius 1 is 1.15 bits per heavy atom. The van der Waals surface area contributed by atoms with E-state index in [0.717, 1.165) is 0 Å². The van der Waals surface area contributed by atoms with Gasteiger partial charge in [0, 0.05) is 23.5 Å². The minimum absolute atomic E-state index is 0.202. The summed E-state index contributed by atoms with van der Waals surface area (Å²) in [5.74, 6) is -0.607. The van der Waals surface area contributed by atoms with Crippen molar-refractivity contribution < 1.29 is 19.2 Å². The lowest BCUT2D eigenvalue weighted by molar-refractivity contribution is -0.385. The van der Waals surface area contributed by atoms with Crippen LogP contribution in [-0.2, 0) is 0 Å². The molecule has 1 amide bonds. The Morgan fingerprint density at radius 3 is 2.58 bits per heavy atom. The number of aromatic hydroxyl groups is 1. The van der Waals surface area contributed by atoms with E-state index in [1.165, 1.54) is 30.7 Å². The lowest BCUT2D eigenvalue weighted by Gasteiger charge is -2.03. The van der Waals surface area contributed by atoms with E-state index in [-0.39, 0.29) is 22.9 Å². The molecular weight excluding hydrogens is 338 g/mol. The van der Waals surface area contributed by atoms with Crippen molar-refractivity contribution in [3.8, 4) is 5.75 Å². The SMILES string of the molecule is O=C(Nc1ccc(N=Cc2cccc([N+](=O)[O-])c2O)cc1)c1ccco1. The van der Waals surface area contributed by atoms with E-state index in [4.69, 9.17) is 4.42 Å². The number of nitrogens with zero attached hydrogens (tertiary/aromatic N) is 2. The summed E-state index contributed by atoms with van der Waals surface area (Å²) in [6.45, 7) is 0. The van der Waals surface area contributed by atoms with Gasteiger partial charge in [0.2, 0.25) is 5.75 Å². The van der Waals surface area contributed by atoms with Crippen LogP contribution in [0.2, 0.25) is 0 Å². The highest BCUT2D eigenvalue weighted by Crippen LogP contribution is 2.28. The van der Waals surface area contributed by atoms with Crippen molar-refractivity contribution in [1.29, 1.82) is 0 Å². The van der Waals surface area contributed by atoms with Crippen molar-refractivity contribution in [2.45, 2.75) is 0 Å². The quantitative estimate of drug-likeness (QED) is 0.410. The molecule has 2 aromatic carbocycles. The number of carbonyl (C=O) groups is 1. The molecule has 3 rings (SSSR count). The van der Waals surface area contributed by atoms with Gasteiger partial charge in [-0.25, -0.2) is 0 Å². The fourth-order valence-corrected chi connectivity index (χ4v) is 2.18. The van der Waals surface area contributed by atoms with E-state index < -0.39 is 10.7 Å². The van der Waals surface area contributed by atoms with E-state index in [1.54, 1.807) is 36.4 Å². The summed E-state index contributed by atoms with van der Waals surface area (Å²) in [4.78, 5) is 26.2. The zero-order valence-electron chi connectivity index (χ0n) is 13.3. The van der Waals surface area contributed by atoms with Gasteiger partial charge in [-0.2, -0.15) is 0 Å². The Kier molecular flexibility index (Phi) is 4.75. The molecule has 26 heavy (non-hydrogen) atoms. The zero-order valence-corrected chi connectivity index (χ0v) is 13.3. The molecule has 130 valence electrons. The zero-order chi connectivity index (χ0) is 18.5. The maximum absolute atomic E-state index is 11.9. The second-order valence-corrected chi connectivity index (χ2v) is 5.21. The van der Waals surface area contributed by atoms with Gasteiger partial charge in [-0.3, -0.25) is 19.9 Å². The molecular formula is C18H13N3O5. The first-order valence-corrected chi connectivity index (χ1v) is 7.50. The molecule has 0 bridgehead atoms. The number of hydrogen-bond acceptors (Lipinski definition) is 6. The molecule has 0 spiro atoms. The van der Waals surface area contributed by atoms with Gasteiger partial charge in [0.15, 0.2) is 5.76 Å². The molecule has 2 N–H and O–H groups in total. The number of nitro groups is 1. The average Bonchev–Trinajstić information content (AvgIpc) is 3.16. The summed E-state index contributed by atoms with van der Waals surface area (Å²) in [6, 6.07) is 14.0. The summed E-state index contributed by atoms with van der Waals surface area (Å²) in [6.07, 6.45) is 2.74. The number of anilines is 1. The lowest BCUT2D eigenvalue weighted by Crippen LogP contribution is -2.10. The van der Waals surface area contributed by atoms with Crippen LogP contribution in [-0.4, -0.2) is 22.2 Å². The number of amides is 1. The fourth-order valence-electron chi connectivity index (χ4n) is 2.18. The molecule has 3 aromatic rings. The number of aliphatic imine (C=N–C) groups is 1. The van der Waals surface area contributed by atoms with Gasteiger partial charge < -0.3 is 14.8 Å². The largest absolute Gasteiger partial charge is 0.502 e. The van der Waals surface area contributed by atoms with Crippen LogP contribution < -0.4 is 5.32 Å². The monoisotopic (exact) mass is 351 g/mol. The van der Waals surface area contributed by atoms with Gasteiger partial charge in [0.1, 0.15) is 0 Å². The van der Waals surface area contributed by atoms with Crippen LogP contribution in [0.25, 0.3) is 0 Å². The molecule has 0 radical (unpaired) electrons. The summed E-state index contributed by atoms with van der Waals surface area (Å²) in [7, 11) is 0. The molecule has 0 aliphatic carbocycles. The summed E-state index contributed by atoms with van der Waals surface area (Å²) in [5.41, 5.74) is 0.954. The first-order chi connectivity index (χ1) is 12.5. The number of hydrogen-bond donors (Lipinski definition) is 2. The number of benzene rings is 2. The molecule has 8 nitrogen and oxygen atoms in total. The Hall–Kier alpha value is -3.94. The van der Waals surface area contributed by atoms with Gasteiger partial charge in [0.05, 0.1) is 16.9 Å². The smallest absolute Gasteiger partial charge is 0.311 e. The van der Waals surface area contributed by atoms with Crippen LogP contribution in [0.3, 0.4) is 0 Å². The molecule has 0 saturated heterocycles. The number of carbonyl (C=O) groups excluding carboxylic acids is 1. The first kappa shape index (κ1) is 16.9. The maximum atomic E-state index is 11.9. The highest BCUT2D eigenvalue weighted by Gasteiger charge is 2.15. The molecule has 1 heterocycles. The second kappa shape index (κ2) is 7.31. The molecule has 1 aromatic heterocycles. The van der Waals surface area contributed by atoms with Crippen molar-refractivity contribution in [3.05, 3.63) is 82.3 Å². The van der Waals surface area contributed by atoms with Crippen molar-refractivity contribution in [1.82, 2.24) is 0 Å². The van der Waals surface area contributed by atoms with Crippen LogP contribution in [0.15, 0.2) is 70.3 Å². The van der Waals surface area contributed by atoms with Gasteiger partial charge in [-0.15, -0.1) is 0 Å². The van der Waals surface area contributed by atoms with E-state index in [0.29, 0.717) is 11.4 Å².